The first-order valence-corrected chi connectivity index (χ1v) is 29.7. The van der Waals surface area contributed by atoms with Gasteiger partial charge in [0.25, 0.3) is 0 Å². The van der Waals surface area contributed by atoms with Crippen molar-refractivity contribution in [1.82, 2.24) is 0 Å². The molecule has 0 aliphatic heterocycles. The third-order valence-electron chi connectivity index (χ3n) is 17.8. The molecule has 0 aliphatic carbocycles. The van der Waals surface area contributed by atoms with Crippen LogP contribution in [0.3, 0.4) is 0 Å². The molecule has 0 amide bonds. The third kappa shape index (κ3) is 14.9. The van der Waals surface area contributed by atoms with Crippen LogP contribution in [0, 0.1) is 138 Å². The highest BCUT2D eigenvalue weighted by Crippen LogP contribution is 2.29. The molecule has 0 bridgehead atoms. The summed E-state index contributed by atoms with van der Waals surface area (Å²) < 4.78 is 56.5. The van der Waals surface area contributed by atoms with Crippen molar-refractivity contribution < 1.29 is 31.1 Å². The van der Waals surface area contributed by atoms with Gasteiger partial charge in [0.15, 0.2) is 28.5 Å². The molecule has 0 atom stereocenters. The average Bonchev–Trinajstić information content (AvgIpc) is 0.986. The number of pyridine rings is 5. The van der Waals surface area contributed by atoms with E-state index in [4.69, 9.17) is 8.22 Å². The summed E-state index contributed by atoms with van der Waals surface area (Å²) in [5.41, 5.74) is 35.4. The van der Waals surface area contributed by atoms with E-state index >= 15 is 0 Å². The van der Waals surface area contributed by atoms with Crippen molar-refractivity contribution in [2.75, 3.05) is 0 Å². The Labute approximate surface area is 522 Å². The molecule has 10 rings (SSSR count). The van der Waals surface area contributed by atoms with Gasteiger partial charge in [0, 0.05) is 117 Å². The number of benzene rings is 5. The smallest absolute Gasteiger partial charge is 0.198 e. The maximum absolute atomic E-state index is 7.64. The van der Waals surface area contributed by atoms with Crippen molar-refractivity contribution in [3.63, 3.8) is 0 Å². The molecule has 85 heavy (non-hydrogen) atoms. The number of rotatable bonds is 5. The highest BCUT2D eigenvalue weighted by atomic mass is 15.0. The monoisotopic (exact) mass is 1140 g/mol. The Morgan fingerprint density at radius 3 is 0.976 bits per heavy atom. The van der Waals surface area contributed by atoms with Crippen LogP contribution in [0.25, 0.3) is 56.3 Å². The molecule has 5 heteroatoms. The van der Waals surface area contributed by atoms with Crippen LogP contribution in [0.5, 0.6) is 0 Å². The zero-order valence-electron chi connectivity index (χ0n) is 61.7. The van der Waals surface area contributed by atoms with Crippen LogP contribution in [-0.4, -0.2) is 0 Å². The summed E-state index contributed by atoms with van der Waals surface area (Å²) >= 11 is 0. The molecule has 0 unspecified atom stereocenters. The second-order valence-corrected chi connectivity index (χ2v) is 23.5. The highest BCUT2D eigenvalue weighted by molar-refractivity contribution is 5.68. The van der Waals surface area contributed by atoms with Crippen LogP contribution >= 0.6 is 0 Å². The Morgan fingerprint density at radius 1 is 0.235 bits per heavy atom. The third-order valence-corrected chi connectivity index (χ3v) is 17.8. The lowest BCUT2D eigenvalue weighted by Crippen LogP contribution is -2.36. The summed E-state index contributed by atoms with van der Waals surface area (Å²) in [7, 11) is 10.3. The van der Waals surface area contributed by atoms with Crippen LogP contribution in [0.4, 0.5) is 0 Å². The fourth-order valence-corrected chi connectivity index (χ4v) is 11.5. The Balaban J connectivity index is 0.000000181. The SMILES string of the molecule is Cc1cccc(C)c1-c1ccc(C)c(C)[n+]1C.Cc1ccccc1-c1c(C)cc(C)c(C)[n+]1C.Cc1ccccc1-c1cc(C)c(C)c(C)[n+]1C.[2H]C([2H])([2H])c1cc(C)c(-c2ccccc2C)[n+](C)c1C.[2H]C([2H])([2H])c1ccc(-c2c(C)cccc2C)[n+](C)c1C. The lowest BCUT2D eigenvalue weighted by Gasteiger charge is -2.10. The highest BCUT2D eigenvalue weighted by Gasteiger charge is 2.23. The molecule has 0 saturated heterocycles. The molecule has 0 aliphatic rings. The van der Waals surface area contributed by atoms with Gasteiger partial charge in [-0.2, -0.15) is 22.8 Å². The van der Waals surface area contributed by atoms with E-state index in [0.717, 1.165) is 33.9 Å². The van der Waals surface area contributed by atoms with Crippen molar-refractivity contribution in [1.29, 1.82) is 0 Å². The van der Waals surface area contributed by atoms with Gasteiger partial charge < -0.3 is 0 Å². The van der Waals surface area contributed by atoms with Crippen molar-refractivity contribution in [2.45, 2.75) is 138 Å². The van der Waals surface area contributed by atoms with E-state index in [0.29, 0.717) is 11.1 Å². The summed E-state index contributed by atoms with van der Waals surface area (Å²) in [5, 5.41) is 0. The predicted molar refractivity (Wildman–Crippen MR) is 360 cm³/mol. The van der Waals surface area contributed by atoms with Gasteiger partial charge in [-0.1, -0.05) is 91.0 Å². The number of aryl methyl sites for hydroxylation is 14. The minimum absolute atomic E-state index is 0.412. The maximum Gasteiger partial charge on any atom is 0.215 e. The number of aromatic nitrogens is 5. The van der Waals surface area contributed by atoms with Gasteiger partial charge in [-0.15, -0.1) is 0 Å². The van der Waals surface area contributed by atoms with Gasteiger partial charge in [-0.25, -0.2) is 0 Å². The summed E-state index contributed by atoms with van der Waals surface area (Å²) in [4.78, 5) is 0. The zero-order chi connectivity index (χ0) is 67.9. The first-order valence-electron chi connectivity index (χ1n) is 32.7. The van der Waals surface area contributed by atoms with Gasteiger partial charge in [0.1, 0.15) is 35.2 Å². The topological polar surface area (TPSA) is 19.4 Å². The van der Waals surface area contributed by atoms with E-state index < -0.39 is 13.7 Å². The second kappa shape index (κ2) is 28.6. The average molecular weight is 1140 g/mol. The molecule has 5 aromatic heterocycles. The largest absolute Gasteiger partial charge is 0.215 e. The fraction of sp³-hybridized carbons (Fsp3) is 0.312. The Hall–Kier alpha value is -8.15. The normalized spacial score (nSPS) is 12.0. The lowest BCUT2D eigenvalue weighted by molar-refractivity contribution is -0.667. The van der Waals surface area contributed by atoms with Gasteiger partial charge in [-0.05, 0) is 191 Å². The van der Waals surface area contributed by atoms with Crippen molar-refractivity contribution in [3.05, 3.63) is 264 Å². The first kappa shape index (κ1) is 57.3. The number of hydrogen-bond acceptors (Lipinski definition) is 0. The molecule has 0 fully saturated rings. The van der Waals surface area contributed by atoms with Crippen molar-refractivity contribution >= 4 is 0 Å². The van der Waals surface area contributed by atoms with Crippen molar-refractivity contribution in [3.8, 4) is 56.3 Å². The van der Waals surface area contributed by atoms with Crippen LogP contribution < -0.4 is 22.8 Å². The molecule has 440 valence electrons. The van der Waals surface area contributed by atoms with Gasteiger partial charge in [0.2, 0.25) is 28.5 Å². The maximum atomic E-state index is 7.64. The van der Waals surface area contributed by atoms with Crippen LogP contribution in [-0.2, 0) is 35.2 Å². The molecule has 0 N–H and O–H groups in total. The Kier molecular flexibility index (Phi) is 19.3. The van der Waals surface area contributed by atoms with Gasteiger partial charge in [-0.3, -0.25) is 0 Å². The molecule has 5 aromatic carbocycles. The summed E-state index contributed by atoms with van der Waals surface area (Å²) in [6.07, 6.45) is 0. The molecule has 10 aromatic rings. The molecule has 0 spiro atoms. The van der Waals surface area contributed by atoms with E-state index in [1.807, 2.05) is 68.3 Å². The van der Waals surface area contributed by atoms with E-state index in [9.17, 15) is 0 Å². The minimum Gasteiger partial charge on any atom is -0.198 e. The Morgan fingerprint density at radius 2 is 0.565 bits per heavy atom. The molecule has 0 saturated carbocycles. The zero-order valence-corrected chi connectivity index (χ0v) is 55.7. The number of nitrogens with zero attached hydrogens (tertiary/aromatic N) is 5. The van der Waals surface area contributed by atoms with Gasteiger partial charge >= 0.3 is 0 Å². The molecular formula is C80H100N5+5. The first-order chi connectivity index (χ1) is 42.5. The predicted octanol–water partition coefficient (Wildman–Crippen LogP) is 17.1. The van der Waals surface area contributed by atoms with Crippen LogP contribution in [0.1, 0.15) is 120 Å². The molecule has 5 nitrogen and oxygen atoms in total. The van der Waals surface area contributed by atoms with E-state index in [-0.39, 0.29) is 0 Å². The number of hydrogen-bond donors (Lipinski definition) is 0. The quantitative estimate of drug-likeness (QED) is 0.153. The fourth-order valence-electron chi connectivity index (χ4n) is 11.5. The standard InChI is InChI=1S/5C16H20N/c2*1-11-9-10-15(17(5)14(11)4)16-12(2)7-6-8-13(16)3;1-11-8-6-7-9-15(11)16-10-12(2)13(3)14(4)17(16)5;2*1-11-8-6-7-9-15(11)16-13(3)10-12(2)14(4)17(16)5/h5*6-10H,1-5H3/q5*+1/i1D3;;;2D3;. The molecule has 0 radical (unpaired) electrons. The Bertz CT molecular complexity index is 4260. The van der Waals surface area contributed by atoms with E-state index in [2.05, 4.69) is 254 Å². The van der Waals surface area contributed by atoms with E-state index in [1.165, 1.54) is 123 Å². The van der Waals surface area contributed by atoms with Gasteiger partial charge in [0.05, 0.1) is 11.1 Å². The summed E-state index contributed by atoms with van der Waals surface area (Å²) in [6, 6.07) is 52.4. The second-order valence-electron chi connectivity index (χ2n) is 23.5. The summed E-state index contributed by atoms with van der Waals surface area (Å²) in [5.74, 6) is 0. The molecular weight excluding hydrogens is 1030 g/mol. The van der Waals surface area contributed by atoms with Crippen LogP contribution in [0.15, 0.2) is 152 Å². The molecule has 5 heterocycles. The van der Waals surface area contributed by atoms with E-state index in [1.54, 1.807) is 12.1 Å². The van der Waals surface area contributed by atoms with Crippen LogP contribution in [0.2, 0.25) is 0 Å². The summed E-state index contributed by atoms with van der Waals surface area (Å²) in [6.45, 7) is 33.9. The minimum atomic E-state index is -2.07. The van der Waals surface area contributed by atoms with Crippen molar-refractivity contribution in [2.24, 2.45) is 35.2 Å². The lowest BCUT2D eigenvalue weighted by atomic mass is 9.98.